The van der Waals surface area contributed by atoms with Gasteiger partial charge in [-0.15, -0.1) is 0 Å². The molecular weight excluding hydrogens is 422 g/mol. The lowest BCUT2D eigenvalue weighted by Crippen LogP contribution is -2.27. The van der Waals surface area contributed by atoms with Gasteiger partial charge < -0.3 is 5.32 Å². The van der Waals surface area contributed by atoms with Crippen LogP contribution in [-0.2, 0) is 0 Å². The summed E-state index contributed by atoms with van der Waals surface area (Å²) in [6, 6.07) is 8.51. The third-order valence-corrected chi connectivity index (χ3v) is 5.65. The van der Waals surface area contributed by atoms with E-state index in [9.17, 15) is 13.6 Å². The minimum absolute atomic E-state index is 0.308. The van der Waals surface area contributed by atoms with Crippen LogP contribution in [-0.4, -0.2) is 20.9 Å². The number of nitrogens with zero attached hydrogens (tertiary/aromatic N) is 3. The molecule has 2 aromatic heterocycles. The molecule has 1 aromatic carbocycles. The van der Waals surface area contributed by atoms with Gasteiger partial charge in [-0.2, -0.15) is 0 Å². The molecule has 0 fully saturated rings. The van der Waals surface area contributed by atoms with Gasteiger partial charge in [0.15, 0.2) is 5.83 Å². The fourth-order valence-corrected chi connectivity index (χ4v) is 3.70. The Kier molecular flexibility index (Phi) is 6.40. The molecule has 2 heterocycles. The van der Waals surface area contributed by atoms with Crippen molar-refractivity contribution in [3.05, 3.63) is 101 Å². The van der Waals surface area contributed by atoms with E-state index in [1.54, 1.807) is 49.8 Å². The molecular formula is C26H24F2N4O. The molecule has 1 unspecified atom stereocenters. The van der Waals surface area contributed by atoms with Crippen LogP contribution in [0, 0.1) is 13.8 Å². The lowest BCUT2D eigenvalue weighted by molar-refractivity contribution is 0.0939. The van der Waals surface area contributed by atoms with Crippen LogP contribution in [0.1, 0.15) is 58.2 Å². The van der Waals surface area contributed by atoms with E-state index in [-0.39, 0.29) is 11.9 Å². The first kappa shape index (κ1) is 22.5. The number of allylic oxidation sites excluding steroid dienone is 4. The normalized spacial score (nSPS) is 16.6. The van der Waals surface area contributed by atoms with Gasteiger partial charge in [0.1, 0.15) is 11.7 Å². The Morgan fingerprint density at radius 2 is 1.82 bits per heavy atom. The first-order valence-electron chi connectivity index (χ1n) is 10.7. The summed E-state index contributed by atoms with van der Waals surface area (Å²) in [5.41, 5.74) is 3.92. The van der Waals surface area contributed by atoms with Gasteiger partial charge in [0.25, 0.3) is 5.91 Å². The van der Waals surface area contributed by atoms with Crippen molar-refractivity contribution < 1.29 is 13.6 Å². The Bertz CT molecular complexity index is 1230. The molecule has 0 saturated carbocycles. The highest BCUT2D eigenvalue weighted by Gasteiger charge is 2.25. The fraction of sp³-hybridized carbons (Fsp3) is 0.231. The molecule has 1 aliphatic carbocycles. The summed E-state index contributed by atoms with van der Waals surface area (Å²) in [6.45, 7) is 5.55. The van der Waals surface area contributed by atoms with Crippen LogP contribution in [0.15, 0.2) is 72.7 Å². The zero-order valence-corrected chi connectivity index (χ0v) is 18.6. The minimum atomic E-state index is -0.885. The molecule has 1 N–H and O–H groups in total. The number of hydrogen-bond donors (Lipinski definition) is 1. The SMILES string of the molecule is Cc1ccc(-c2cc(C(=O)N[C@H](C)c3cnc(C)nc3)cc(C3CC=CC(F)=C3F)c2)nc1. The van der Waals surface area contributed by atoms with Crippen molar-refractivity contribution in [3.8, 4) is 11.3 Å². The van der Waals surface area contributed by atoms with Gasteiger partial charge in [-0.1, -0.05) is 12.1 Å². The van der Waals surface area contributed by atoms with Gasteiger partial charge in [0.05, 0.1) is 11.7 Å². The molecule has 1 aliphatic rings. The average molecular weight is 447 g/mol. The van der Waals surface area contributed by atoms with Crippen molar-refractivity contribution in [1.82, 2.24) is 20.3 Å². The minimum Gasteiger partial charge on any atom is -0.345 e. The maximum absolute atomic E-state index is 14.6. The van der Waals surface area contributed by atoms with E-state index in [4.69, 9.17) is 0 Å². The predicted molar refractivity (Wildman–Crippen MR) is 123 cm³/mol. The van der Waals surface area contributed by atoms with Gasteiger partial charge in [0, 0.05) is 41.2 Å². The van der Waals surface area contributed by atoms with E-state index >= 15 is 0 Å². The average Bonchev–Trinajstić information content (AvgIpc) is 2.81. The number of hydrogen-bond acceptors (Lipinski definition) is 4. The Hall–Kier alpha value is -3.74. The summed E-state index contributed by atoms with van der Waals surface area (Å²) < 4.78 is 28.6. The molecule has 7 heteroatoms. The molecule has 168 valence electrons. The van der Waals surface area contributed by atoms with Crippen LogP contribution in [0.3, 0.4) is 0 Å². The highest BCUT2D eigenvalue weighted by molar-refractivity contribution is 5.96. The van der Waals surface area contributed by atoms with Crippen molar-refractivity contribution in [3.63, 3.8) is 0 Å². The molecule has 0 aliphatic heterocycles. The lowest BCUT2D eigenvalue weighted by atomic mass is 9.88. The van der Waals surface area contributed by atoms with Crippen molar-refractivity contribution in [2.45, 2.75) is 39.2 Å². The maximum atomic E-state index is 14.6. The third-order valence-electron chi connectivity index (χ3n) is 5.65. The standard InChI is InChI=1S/C26H24F2N4O/c1-15-7-8-24(31-12-15)19-9-18(22-5-4-6-23(27)25(22)28)10-20(11-19)26(33)32-16(2)21-13-29-17(3)30-14-21/h4,6-14,16,22H,5H2,1-3H3,(H,32,33)/t16-,22?/m1/s1. The molecule has 0 radical (unpaired) electrons. The zero-order chi connectivity index (χ0) is 23.5. The molecule has 3 aromatic rings. The molecule has 5 nitrogen and oxygen atoms in total. The molecule has 0 spiro atoms. The van der Waals surface area contributed by atoms with E-state index < -0.39 is 17.6 Å². The summed E-state index contributed by atoms with van der Waals surface area (Å²) in [5, 5.41) is 2.94. The molecule has 33 heavy (non-hydrogen) atoms. The highest BCUT2D eigenvalue weighted by atomic mass is 19.2. The van der Waals surface area contributed by atoms with Crippen LogP contribution in [0.4, 0.5) is 8.78 Å². The second kappa shape index (κ2) is 9.40. The molecule has 2 atom stereocenters. The monoisotopic (exact) mass is 446 g/mol. The van der Waals surface area contributed by atoms with Gasteiger partial charge in [-0.05, 0) is 68.7 Å². The van der Waals surface area contributed by atoms with Crippen LogP contribution < -0.4 is 5.32 Å². The van der Waals surface area contributed by atoms with E-state index in [0.29, 0.717) is 34.6 Å². The number of pyridine rings is 1. The Balaban J connectivity index is 1.71. The van der Waals surface area contributed by atoms with Crippen molar-refractivity contribution in [2.75, 3.05) is 0 Å². The lowest BCUT2D eigenvalue weighted by Gasteiger charge is -2.20. The number of carbonyl (C=O) groups excluding carboxylic acids is 1. The van der Waals surface area contributed by atoms with Crippen LogP contribution >= 0.6 is 0 Å². The van der Waals surface area contributed by atoms with Crippen molar-refractivity contribution >= 4 is 5.91 Å². The van der Waals surface area contributed by atoms with Gasteiger partial charge in [-0.25, -0.2) is 18.7 Å². The molecule has 0 saturated heterocycles. The van der Waals surface area contributed by atoms with Crippen molar-refractivity contribution in [2.24, 2.45) is 0 Å². The summed E-state index contributed by atoms with van der Waals surface area (Å²) in [6.07, 6.45) is 8.10. The predicted octanol–water partition coefficient (Wildman–Crippen LogP) is 5.84. The number of nitrogens with one attached hydrogen (secondary N) is 1. The van der Waals surface area contributed by atoms with E-state index in [2.05, 4.69) is 20.3 Å². The first-order valence-corrected chi connectivity index (χ1v) is 10.7. The second-order valence-corrected chi connectivity index (χ2v) is 8.21. The van der Waals surface area contributed by atoms with Gasteiger partial charge in [-0.3, -0.25) is 9.78 Å². The molecule has 1 amide bonds. The summed E-state index contributed by atoms with van der Waals surface area (Å²) in [4.78, 5) is 25.9. The number of carbonyl (C=O) groups is 1. The smallest absolute Gasteiger partial charge is 0.251 e. The first-order chi connectivity index (χ1) is 15.8. The largest absolute Gasteiger partial charge is 0.345 e. The third kappa shape index (κ3) is 5.03. The number of amides is 1. The van der Waals surface area contributed by atoms with Gasteiger partial charge in [0.2, 0.25) is 0 Å². The Labute approximate surface area is 191 Å². The van der Waals surface area contributed by atoms with E-state index in [1.165, 1.54) is 0 Å². The van der Waals surface area contributed by atoms with E-state index in [0.717, 1.165) is 17.2 Å². The number of halogens is 2. The summed E-state index contributed by atoms with van der Waals surface area (Å²) in [7, 11) is 0. The summed E-state index contributed by atoms with van der Waals surface area (Å²) in [5.74, 6) is -2.21. The number of benzene rings is 1. The number of aryl methyl sites for hydroxylation is 2. The number of aromatic nitrogens is 3. The van der Waals surface area contributed by atoms with Crippen LogP contribution in [0.5, 0.6) is 0 Å². The van der Waals surface area contributed by atoms with Crippen LogP contribution in [0.2, 0.25) is 0 Å². The Morgan fingerprint density at radius 1 is 1.06 bits per heavy atom. The van der Waals surface area contributed by atoms with Gasteiger partial charge >= 0.3 is 0 Å². The highest BCUT2D eigenvalue weighted by Crippen LogP contribution is 2.37. The molecule has 4 rings (SSSR count). The van der Waals surface area contributed by atoms with Crippen LogP contribution in [0.25, 0.3) is 11.3 Å². The van der Waals surface area contributed by atoms with Crippen molar-refractivity contribution in [1.29, 1.82) is 0 Å². The topological polar surface area (TPSA) is 67.8 Å². The number of rotatable bonds is 5. The Morgan fingerprint density at radius 3 is 2.52 bits per heavy atom. The second-order valence-electron chi connectivity index (χ2n) is 8.21. The zero-order valence-electron chi connectivity index (χ0n) is 18.6. The van der Waals surface area contributed by atoms with E-state index in [1.807, 2.05) is 26.0 Å². The summed E-state index contributed by atoms with van der Waals surface area (Å²) >= 11 is 0. The quantitative estimate of drug-likeness (QED) is 0.535. The molecule has 0 bridgehead atoms. The fourth-order valence-electron chi connectivity index (χ4n) is 3.70. The maximum Gasteiger partial charge on any atom is 0.251 e.